The van der Waals surface area contributed by atoms with E-state index in [2.05, 4.69) is 55.4 Å². The number of hydrogen-bond donors (Lipinski definition) is 1. The Labute approximate surface area is 119 Å². The first-order chi connectivity index (χ1) is 8.99. The molecule has 2 nitrogen and oxygen atoms in total. The predicted octanol–water partition coefficient (Wildman–Crippen LogP) is 3.53. The van der Waals surface area contributed by atoms with Crippen molar-refractivity contribution in [1.29, 1.82) is 0 Å². The summed E-state index contributed by atoms with van der Waals surface area (Å²) in [6.07, 6.45) is 1.79. The molecular weight excluding hydrogens is 252 g/mol. The Morgan fingerprint density at radius 3 is 2.42 bits per heavy atom. The van der Waals surface area contributed by atoms with Crippen LogP contribution in [0.25, 0.3) is 0 Å². The molecule has 0 amide bonds. The molecule has 0 bridgehead atoms. The Morgan fingerprint density at radius 2 is 1.84 bits per heavy atom. The van der Waals surface area contributed by atoms with E-state index in [0.717, 1.165) is 18.5 Å². The molecule has 0 unspecified atom stereocenters. The zero-order valence-corrected chi connectivity index (χ0v) is 12.8. The first kappa shape index (κ1) is 14.2. The van der Waals surface area contributed by atoms with Gasteiger partial charge < -0.3 is 5.73 Å². The van der Waals surface area contributed by atoms with Gasteiger partial charge in [0, 0.05) is 18.2 Å². The van der Waals surface area contributed by atoms with Crippen LogP contribution in [0.4, 0.5) is 0 Å². The maximum absolute atomic E-state index is 5.54. The SMILES string of the molecule is CC(C)(C)c1ccc(Cc2nc(CCN)cs2)cc1. The molecule has 2 N–H and O–H groups in total. The minimum Gasteiger partial charge on any atom is -0.330 e. The lowest BCUT2D eigenvalue weighted by Gasteiger charge is -2.19. The Hall–Kier alpha value is -1.19. The number of nitrogens with zero attached hydrogens (tertiary/aromatic N) is 1. The van der Waals surface area contributed by atoms with Crippen LogP contribution < -0.4 is 5.73 Å². The number of thiazole rings is 1. The normalized spacial score (nSPS) is 11.8. The molecule has 2 aromatic rings. The third kappa shape index (κ3) is 3.88. The van der Waals surface area contributed by atoms with Crippen LogP contribution in [-0.4, -0.2) is 11.5 Å². The van der Waals surface area contributed by atoms with E-state index in [0.29, 0.717) is 6.54 Å². The number of hydrogen-bond acceptors (Lipinski definition) is 3. The summed E-state index contributed by atoms with van der Waals surface area (Å²) in [5.41, 5.74) is 9.58. The van der Waals surface area contributed by atoms with Crippen molar-refractivity contribution in [1.82, 2.24) is 4.98 Å². The number of nitrogens with two attached hydrogens (primary N) is 1. The van der Waals surface area contributed by atoms with Gasteiger partial charge in [0.15, 0.2) is 0 Å². The summed E-state index contributed by atoms with van der Waals surface area (Å²) in [5.74, 6) is 0. The maximum atomic E-state index is 5.54. The summed E-state index contributed by atoms with van der Waals surface area (Å²) >= 11 is 1.73. The van der Waals surface area contributed by atoms with Gasteiger partial charge in [0.2, 0.25) is 0 Å². The maximum Gasteiger partial charge on any atom is 0.0972 e. The smallest absolute Gasteiger partial charge is 0.0972 e. The fourth-order valence-corrected chi connectivity index (χ4v) is 2.85. The molecule has 0 spiro atoms. The lowest BCUT2D eigenvalue weighted by atomic mass is 9.86. The predicted molar refractivity (Wildman–Crippen MR) is 82.8 cm³/mol. The van der Waals surface area contributed by atoms with Gasteiger partial charge in [-0.3, -0.25) is 0 Å². The summed E-state index contributed by atoms with van der Waals surface area (Å²) in [4.78, 5) is 4.60. The standard InChI is InChI=1S/C16H22N2S/c1-16(2,3)13-6-4-12(5-7-13)10-15-18-14(8-9-17)11-19-15/h4-7,11H,8-10,17H2,1-3H3. The van der Waals surface area contributed by atoms with E-state index < -0.39 is 0 Å². The van der Waals surface area contributed by atoms with Gasteiger partial charge in [0.05, 0.1) is 10.7 Å². The molecule has 1 aromatic heterocycles. The molecule has 0 aliphatic carbocycles. The first-order valence-corrected chi connectivity index (χ1v) is 7.60. The van der Waals surface area contributed by atoms with E-state index in [9.17, 15) is 0 Å². The topological polar surface area (TPSA) is 38.9 Å². The van der Waals surface area contributed by atoms with Crippen LogP contribution in [0.15, 0.2) is 29.6 Å². The van der Waals surface area contributed by atoms with Gasteiger partial charge in [-0.05, 0) is 23.1 Å². The van der Waals surface area contributed by atoms with Crippen LogP contribution in [0.5, 0.6) is 0 Å². The number of aromatic nitrogens is 1. The molecule has 0 aliphatic heterocycles. The highest BCUT2D eigenvalue weighted by Gasteiger charge is 2.13. The first-order valence-electron chi connectivity index (χ1n) is 6.72. The average Bonchev–Trinajstić information content (AvgIpc) is 2.77. The van der Waals surface area contributed by atoms with Crippen molar-refractivity contribution >= 4 is 11.3 Å². The minimum absolute atomic E-state index is 0.216. The van der Waals surface area contributed by atoms with E-state index in [-0.39, 0.29) is 5.41 Å². The Kier molecular flexibility index (Phi) is 4.38. The van der Waals surface area contributed by atoms with Crippen molar-refractivity contribution < 1.29 is 0 Å². The second-order valence-corrected chi connectivity index (χ2v) is 6.84. The molecular formula is C16H22N2S. The van der Waals surface area contributed by atoms with Gasteiger partial charge >= 0.3 is 0 Å². The van der Waals surface area contributed by atoms with Crippen molar-refractivity contribution in [2.75, 3.05) is 6.54 Å². The fourth-order valence-electron chi connectivity index (χ4n) is 1.99. The van der Waals surface area contributed by atoms with Crippen LogP contribution in [0.1, 0.15) is 42.6 Å². The highest BCUT2D eigenvalue weighted by atomic mass is 32.1. The van der Waals surface area contributed by atoms with E-state index in [1.54, 1.807) is 11.3 Å². The minimum atomic E-state index is 0.216. The van der Waals surface area contributed by atoms with Crippen LogP contribution in [0.2, 0.25) is 0 Å². The van der Waals surface area contributed by atoms with Gasteiger partial charge in [-0.2, -0.15) is 0 Å². The Bertz CT molecular complexity index is 520. The van der Waals surface area contributed by atoms with Crippen molar-refractivity contribution in [2.45, 2.75) is 39.0 Å². The molecule has 102 valence electrons. The quantitative estimate of drug-likeness (QED) is 0.926. The van der Waals surface area contributed by atoms with E-state index in [4.69, 9.17) is 5.73 Å². The fraction of sp³-hybridized carbons (Fsp3) is 0.438. The monoisotopic (exact) mass is 274 g/mol. The summed E-state index contributed by atoms with van der Waals surface area (Å²) in [6, 6.07) is 8.88. The van der Waals surface area contributed by atoms with Gasteiger partial charge in [0.1, 0.15) is 0 Å². The van der Waals surface area contributed by atoms with Crippen molar-refractivity contribution in [3.05, 3.63) is 51.5 Å². The summed E-state index contributed by atoms with van der Waals surface area (Å²) in [6.45, 7) is 7.38. The molecule has 0 aliphatic rings. The molecule has 0 atom stereocenters. The van der Waals surface area contributed by atoms with Crippen LogP contribution in [-0.2, 0) is 18.3 Å². The van der Waals surface area contributed by atoms with Crippen LogP contribution in [0, 0.1) is 0 Å². The Morgan fingerprint density at radius 1 is 1.16 bits per heavy atom. The zero-order chi connectivity index (χ0) is 13.9. The van der Waals surface area contributed by atoms with Gasteiger partial charge in [-0.15, -0.1) is 11.3 Å². The van der Waals surface area contributed by atoms with Gasteiger partial charge in [0.25, 0.3) is 0 Å². The lowest BCUT2D eigenvalue weighted by molar-refractivity contribution is 0.590. The largest absolute Gasteiger partial charge is 0.330 e. The highest BCUT2D eigenvalue weighted by Crippen LogP contribution is 2.23. The van der Waals surface area contributed by atoms with Crippen LogP contribution in [0.3, 0.4) is 0 Å². The third-order valence-electron chi connectivity index (χ3n) is 3.18. The van der Waals surface area contributed by atoms with E-state index >= 15 is 0 Å². The van der Waals surface area contributed by atoms with E-state index in [1.807, 2.05) is 0 Å². The van der Waals surface area contributed by atoms with Gasteiger partial charge in [-0.1, -0.05) is 45.0 Å². The summed E-state index contributed by atoms with van der Waals surface area (Å²) in [5, 5.41) is 3.29. The summed E-state index contributed by atoms with van der Waals surface area (Å²) in [7, 11) is 0. The second-order valence-electron chi connectivity index (χ2n) is 5.89. The molecule has 0 saturated heterocycles. The zero-order valence-electron chi connectivity index (χ0n) is 11.9. The molecule has 1 aromatic carbocycles. The third-order valence-corrected chi connectivity index (χ3v) is 4.07. The average molecular weight is 274 g/mol. The second kappa shape index (κ2) is 5.85. The molecule has 1 heterocycles. The van der Waals surface area contributed by atoms with Crippen molar-refractivity contribution in [3.63, 3.8) is 0 Å². The molecule has 0 radical (unpaired) electrons. The summed E-state index contributed by atoms with van der Waals surface area (Å²) < 4.78 is 0. The molecule has 3 heteroatoms. The number of rotatable bonds is 4. The molecule has 0 fully saturated rings. The highest BCUT2D eigenvalue weighted by molar-refractivity contribution is 7.09. The Balaban J connectivity index is 2.06. The van der Waals surface area contributed by atoms with Crippen LogP contribution >= 0.6 is 11.3 Å². The molecule has 0 saturated carbocycles. The van der Waals surface area contributed by atoms with E-state index in [1.165, 1.54) is 16.1 Å². The number of benzene rings is 1. The lowest BCUT2D eigenvalue weighted by Crippen LogP contribution is -2.10. The van der Waals surface area contributed by atoms with Gasteiger partial charge in [-0.25, -0.2) is 4.98 Å². The van der Waals surface area contributed by atoms with Crippen molar-refractivity contribution in [3.8, 4) is 0 Å². The van der Waals surface area contributed by atoms with Crippen molar-refractivity contribution in [2.24, 2.45) is 5.73 Å². The molecule has 19 heavy (non-hydrogen) atoms. The molecule has 2 rings (SSSR count).